The van der Waals surface area contributed by atoms with E-state index < -0.39 is 10.1 Å². The minimum Gasteiger partial charge on any atom is -0.233 e. The molecule has 0 saturated heterocycles. The highest BCUT2D eigenvalue weighted by molar-refractivity contribution is 7.89. The molecule has 0 aliphatic carbocycles. The van der Waals surface area contributed by atoms with Crippen molar-refractivity contribution in [1.29, 1.82) is 0 Å². The second-order valence-electron chi connectivity index (χ2n) is 2.99. The molecule has 1 unspecified atom stereocenters. The fraction of sp³-hybridized carbons (Fsp3) is 0.500. The second kappa shape index (κ2) is 3.14. The molecule has 0 aliphatic heterocycles. The van der Waals surface area contributed by atoms with Crippen molar-refractivity contribution in [1.82, 2.24) is 4.57 Å². The summed E-state index contributed by atoms with van der Waals surface area (Å²) >= 11 is 0. The predicted octanol–water partition coefficient (Wildman–Crippen LogP) is 0.547. The molecule has 0 spiro atoms. The quantitative estimate of drug-likeness (QED) is 0.393. The number of imidazole rings is 1. The van der Waals surface area contributed by atoms with Gasteiger partial charge in [0.05, 0.1) is 7.05 Å². The first-order chi connectivity index (χ1) is 5.88. The number of rotatable bonds is 2. The highest BCUT2D eigenvalue weighted by Gasteiger charge is 2.22. The first kappa shape index (κ1) is 10.2. The summed E-state index contributed by atoms with van der Waals surface area (Å²) in [5, 5.41) is 0. The number of halogens is 1. The Kier molecular flexibility index (Phi) is 2.47. The van der Waals surface area contributed by atoms with Gasteiger partial charge in [-0.25, -0.2) is 4.57 Å². The zero-order valence-electron chi connectivity index (χ0n) is 8.08. The van der Waals surface area contributed by atoms with Crippen LogP contribution in [0.15, 0.2) is 6.20 Å². The number of hydrogen-bond donors (Lipinski definition) is 0. The lowest BCUT2D eigenvalue weighted by Crippen LogP contribution is -2.42. The fourth-order valence-electron chi connectivity index (χ4n) is 1.31. The van der Waals surface area contributed by atoms with Crippen LogP contribution in [-0.2, 0) is 23.6 Å². The van der Waals surface area contributed by atoms with Crippen molar-refractivity contribution in [2.45, 2.75) is 20.3 Å². The maximum Gasteiger partial charge on any atom is 0.276 e. The van der Waals surface area contributed by atoms with E-state index in [2.05, 4.69) is 5.87 Å². The van der Waals surface area contributed by atoms with Gasteiger partial charge in [0, 0.05) is 19.2 Å². The normalized spacial score (nSPS) is 15.7. The van der Waals surface area contributed by atoms with E-state index in [0.717, 1.165) is 9.67 Å². The van der Waals surface area contributed by atoms with Crippen LogP contribution >= 0.6 is 0 Å². The van der Waals surface area contributed by atoms with Crippen LogP contribution in [0.3, 0.4) is 0 Å². The minimum absolute atomic E-state index is 0.626. The lowest BCUT2D eigenvalue weighted by atomic mass is 10.4. The van der Waals surface area contributed by atoms with Crippen molar-refractivity contribution in [2.24, 2.45) is 7.05 Å². The topological polar surface area (TPSA) is 25.9 Å². The van der Waals surface area contributed by atoms with Gasteiger partial charge in [0.15, 0.2) is 0 Å². The van der Waals surface area contributed by atoms with Crippen LogP contribution in [0.25, 0.3) is 0 Å². The Hall–Kier alpha value is -0.840. The molecule has 0 fully saturated rings. The third-order valence-corrected chi connectivity index (χ3v) is 2.99. The predicted molar refractivity (Wildman–Crippen MR) is 51.5 cm³/mol. The molecule has 0 bridgehead atoms. The molecule has 0 N–H and O–H groups in total. The Morgan fingerprint density at radius 3 is 2.62 bits per heavy atom. The Morgan fingerprint density at radius 1 is 1.77 bits per heavy atom. The molecule has 1 rings (SSSR count). The summed E-state index contributed by atoms with van der Waals surface area (Å²) in [5.41, 5.74) is 0.867. The van der Waals surface area contributed by atoms with Crippen molar-refractivity contribution in [3.05, 3.63) is 17.7 Å². The summed E-state index contributed by atoms with van der Waals surface area (Å²) in [4.78, 5) is 0. The highest BCUT2D eigenvalue weighted by atomic mass is 32.3. The van der Waals surface area contributed by atoms with Gasteiger partial charge < -0.3 is 0 Å². The summed E-state index contributed by atoms with van der Waals surface area (Å²) in [6.07, 6.45) is 2.15. The molecule has 0 amide bonds. The van der Waals surface area contributed by atoms with Gasteiger partial charge >= 0.3 is 0 Å². The largest absolute Gasteiger partial charge is 0.276 e. The van der Waals surface area contributed by atoms with E-state index in [1.165, 1.54) is 6.20 Å². The Bertz CT molecular complexity index is 420. The lowest BCUT2D eigenvalue weighted by molar-refractivity contribution is -0.520. The monoisotopic (exact) mass is 205 g/mol. The number of aryl methyl sites for hydroxylation is 1. The standard InChI is InChI=1S/C8H14FN2OS/c1-5-8-10(3)7(2)6-11(8)13(4,9)12/h6H,4-5H2,1-3H3/q+1. The van der Waals surface area contributed by atoms with Crippen LogP contribution in [0.1, 0.15) is 18.4 Å². The van der Waals surface area contributed by atoms with Gasteiger partial charge in [-0.1, -0.05) is 6.92 Å². The Morgan fingerprint density at radius 2 is 2.31 bits per heavy atom. The van der Waals surface area contributed by atoms with Crippen LogP contribution in [0, 0.1) is 6.92 Å². The molecular weight excluding hydrogens is 191 g/mol. The fourth-order valence-corrected chi connectivity index (χ4v) is 2.19. The van der Waals surface area contributed by atoms with E-state index in [0.29, 0.717) is 12.2 Å². The van der Waals surface area contributed by atoms with Crippen molar-refractivity contribution in [3.8, 4) is 0 Å². The maximum absolute atomic E-state index is 13.1. The molecule has 1 aromatic rings. The molecule has 0 saturated carbocycles. The van der Waals surface area contributed by atoms with Crippen LogP contribution < -0.4 is 3.97 Å². The summed E-state index contributed by atoms with van der Waals surface area (Å²) < 4.78 is 27.2. The minimum atomic E-state index is -3.65. The Balaban J connectivity index is 3.48. The molecule has 0 aromatic carbocycles. The third-order valence-electron chi connectivity index (χ3n) is 2.08. The molecule has 1 aromatic heterocycles. The summed E-state index contributed by atoms with van der Waals surface area (Å²) in [7, 11) is -1.84. The molecule has 0 radical (unpaired) electrons. The van der Waals surface area contributed by atoms with E-state index in [1.807, 2.05) is 25.5 Å². The van der Waals surface area contributed by atoms with E-state index in [4.69, 9.17) is 0 Å². The van der Waals surface area contributed by atoms with E-state index in [9.17, 15) is 8.09 Å². The van der Waals surface area contributed by atoms with Gasteiger partial charge in [-0.3, -0.25) is 0 Å². The van der Waals surface area contributed by atoms with Gasteiger partial charge in [0.1, 0.15) is 11.9 Å². The van der Waals surface area contributed by atoms with Crippen LogP contribution in [0.5, 0.6) is 0 Å². The van der Waals surface area contributed by atoms with Gasteiger partial charge in [-0.05, 0) is 0 Å². The molecule has 1 atom stereocenters. The molecule has 13 heavy (non-hydrogen) atoms. The van der Waals surface area contributed by atoms with Crippen molar-refractivity contribution < 1.29 is 12.1 Å². The van der Waals surface area contributed by atoms with E-state index in [1.54, 1.807) is 0 Å². The van der Waals surface area contributed by atoms with Crippen LogP contribution in [0.2, 0.25) is 0 Å². The maximum atomic E-state index is 13.1. The molecule has 0 aliphatic rings. The first-order valence-corrected chi connectivity index (χ1v) is 5.60. The van der Waals surface area contributed by atoms with Gasteiger partial charge in [0.2, 0.25) is 0 Å². The number of nitrogens with zero attached hydrogens (tertiary/aromatic N) is 2. The molecule has 3 nitrogen and oxygen atoms in total. The van der Waals surface area contributed by atoms with Crippen LogP contribution in [0.4, 0.5) is 3.89 Å². The van der Waals surface area contributed by atoms with Gasteiger partial charge in [-0.2, -0.15) is 4.21 Å². The molecular formula is C8H14FN2OS+. The summed E-state index contributed by atoms with van der Waals surface area (Å²) in [5.74, 6) is 3.70. The van der Waals surface area contributed by atoms with E-state index in [-0.39, 0.29) is 0 Å². The zero-order chi connectivity index (χ0) is 10.2. The first-order valence-electron chi connectivity index (χ1n) is 4.02. The molecule has 5 heteroatoms. The van der Waals surface area contributed by atoms with Gasteiger partial charge in [0.25, 0.3) is 15.9 Å². The van der Waals surface area contributed by atoms with Gasteiger partial charge in [-0.15, -0.1) is 7.86 Å². The Labute approximate surface area is 78.2 Å². The second-order valence-corrected chi connectivity index (χ2v) is 4.51. The smallest absolute Gasteiger partial charge is 0.233 e. The van der Waals surface area contributed by atoms with Crippen LogP contribution in [-0.4, -0.2) is 14.6 Å². The van der Waals surface area contributed by atoms with Crippen molar-refractivity contribution in [3.63, 3.8) is 0 Å². The average Bonchev–Trinajstić information content (AvgIpc) is 2.28. The summed E-state index contributed by atoms with van der Waals surface area (Å²) in [6.45, 7) is 3.72. The van der Waals surface area contributed by atoms with E-state index >= 15 is 0 Å². The third kappa shape index (κ3) is 1.75. The highest BCUT2D eigenvalue weighted by Crippen LogP contribution is 2.02. The number of aromatic nitrogens is 2. The lowest BCUT2D eigenvalue weighted by Gasteiger charge is -1.97. The molecule has 1 heterocycles. The van der Waals surface area contributed by atoms with Crippen molar-refractivity contribution in [2.75, 3.05) is 0 Å². The summed E-state index contributed by atoms with van der Waals surface area (Å²) in [6, 6.07) is 0. The average molecular weight is 205 g/mol. The van der Waals surface area contributed by atoms with Crippen molar-refractivity contribution >= 4 is 16.0 Å². The number of hydrogen-bond acceptors (Lipinski definition) is 1. The SMILES string of the molecule is C=S(=O)(F)[n+]1cc(C)n(C)c1CC. The zero-order valence-corrected chi connectivity index (χ0v) is 8.90. The molecule has 74 valence electrons.